The summed E-state index contributed by atoms with van der Waals surface area (Å²) in [6.07, 6.45) is 0. The first-order valence-corrected chi connectivity index (χ1v) is 9.83. The Morgan fingerprint density at radius 2 is 1.63 bits per heavy atom. The number of hydrogen-bond donors (Lipinski definition) is 1. The van der Waals surface area contributed by atoms with E-state index >= 15 is 0 Å². The third-order valence-corrected chi connectivity index (χ3v) is 5.56. The Morgan fingerprint density at radius 3 is 2.43 bits per heavy atom. The molecule has 5 rings (SSSR count). The van der Waals surface area contributed by atoms with Gasteiger partial charge in [0.05, 0.1) is 13.2 Å². The summed E-state index contributed by atoms with van der Waals surface area (Å²) in [6, 6.07) is 23.8. The summed E-state index contributed by atoms with van der Waals surface area (Å²) in [6.45, 7) is 0. The molecule has 0 aromatic heterocycles. The van der Waals surface area contributed by atoms with Gasteiger partial charge in [-0.1, -0.05) is 24.3 Å². The molecule has 2 aliphatic rings. The summed E-state index contributed by atoms with van der Waals surface area (Å²) in [5.74, 6) is 1.85. The molecule has 0 fully saturated rings. The number of ether oxygens (including phenoxy) is 1. The van der Waals surface area contributed by atoms with Crippen molar-refractivity contribution in [1.82, 2.24) is 4.58 Å². The fraction of sp³-hybridized carbons (Fsp3) is 0.115. The van der Waals surface area contributed by atoms with Crippen LogP contribution in [0.2, 0.25) is 0 Å². The standard InChI is InChI=1S/C26H21NO3/c1-27(2)17-9-12-21-24(15-17)30-26-19-13-10-18(28)14-16(19)8-11-22(26)25(21)20-6-4-5-7-23(20)29-3/h4-15H,1-3H3/p+1. The normalized spacial score (nSPS) is 11.3. The summed E-state index contributed by atoms with van der Waals surface area (Å²) in [7, 11) is 5.72. The van der Waals surface area contributed by atoms with Gasteiger partial charge in [0.25, 0.3) is 0 Å². The third-order valence-electron chi connectivity index (χ3n) is 5.56. The molecule has 1 heterocycles. The quantitative estimate of drug-likeness (QED) is 0.256. The largest absolute Gasteiger partial charge is 0.508 e. The molecule has 0 unspecified atom stereocenters. The van der Waals surface area contributed by atoms with Crippen molar-refractivity contribution in [3.05, 3.63) is 78.2 Å². The Bertz CT molecular complexity index is 1460. The van der Waals surface area contributed by atoms with E-state index in [1.54, 1.807) is 19.2 Å². The molecule has 148 valence electrons. The first-order valence-electron chi connectivity index (χ1n) is 9.83. The minimum atomic E-state index is 0.238. The maximum Gasteiger partial charge on any atom is 0.203 e. The number of phenols is 1. The highest BCUT2D eigenvalue weighted by Gasteiger charge is 2.21. The van der Waals surface area contributed by atoms with Gasteiger partial charge < -0.3 is 14.3 Å². The summed E-state index contributed by atoms with van der Waals surface area (Å²) in [5, 5.41) is 13.9. The summed E-state index contributed by atoms with van der Waals surface area (Å²) < 4.78 is 14.2. The molecule has 3 aromatic carbocycles. The number of aromatic hydroxyl groups is 1. The van der Waals surface area contributed by atoms with Crippen LogP contribution >= 0.6 is 0 Å². The van der Waals surface area contributed by atoms with Crippen molar-refractivity contribution in [2.24, 2.45) is 0 Å². The van der Waals surface area contributed by atoms with Crippen molar-refractivity contribution < 1.29 is 14.3 Å². The Hall–Kier alpha value is -3.79. The molecule has 3 aromatic rings. The third kappa shape index (κ3) is 2.80. The van der Waals surface area contributed by atoms with E-state index in [4.69, 9.17) is 9.15 Å². The Labute approximate surface area is 174 Å². The van der Waals surface area contributed by atoms with Gasteiger partial charge in [0, 0.05) is 33.5 Å². The van der Waals surface area contributed by atoms with E-state index in [-0.39, 0.29) is 5.75 Å². The monoisotopic (exact) mass is 396 g/mol. The van der Waals surface area contributed by atoms with Crippen molar-refractivity contribution in [2.45, 2.75) is 0 Å². The number of benzene rings is 4. The molecular weight excluding hydrogens is 374 g/mol. The molecule has 0 radical (unpaired) electrons. The molecule has 0 saturated heterocycles. The Balaban J connectivity index is 2.02. The zero-order valence-corrected chi connectivity index (χ0v) is 17.1. The van der Waals surface area contributed by atoms with Gasteiger partial charge in [-0.3, -0.25) is 0 Å². The van der Waals surface area contributed by atoms with Gasteiger partial charge in [0.1, 0.15) is 36.9 Å². The summed E-state index contributed by atoms with van der Waals surface area (Å²) in [4.78, 5) is 0. The lowest BCUT2D eigenvalue weighted by atomic mass is 9.92. The van der Waals surface area contributed by atoms with Crippen LogP contribution in [0.25, 0.3) is 44.2 Å². The lowest BCUT2D eigenvalue weighted by Crippen LogP contribution is -2.21. The van der Waals surface area contributed by atoms with Gasteiger partial charge in [-0.25, -0.2) is 4.58 Å². The molecule has 0 amide bonds. The van der Waals surface area contributed by atoms with Gasteiger partial charge in [0.2, 0.25) is 5.36 Å². The zero-order valence-electron chi connectivity index (χ0n) is 17.1. The molecule has 4 nitrogen and oxygen atoms in total. The van der Waals surface area contributed by atoms with Crippen molar-refractivity contribution in [1.29, 1.82) is 0 Å². The zero-order chi connectivity index (χ0) is 20.8. The topological polar surface area (TPSA) is 45.6 Å². The molecule has 0 atom stereocenters. The van der Waals surface area contributed by atoms with E-state index < -0.39 is 0 Å². The highest BCUT2D eigenvalue weighted by molar-refractivity contribution is 6.12. The van der Waals surface area contributed by atoms with Crippen molar-refractivity contribution in [3.63, 3.8) is 0 Å². The second-order valence-corrected chi connectivity index (χ2v) is 7.60. The van der Waals surface area contributed by atoms with E-state index in [1.165, 1.54) is 0 Å². The Kier molecular flexibility index (Phi) is 4.21. The molecule has 0 spiro atoms. The molecule has 1 N–H and O–H groups in total. The molecule has 4 heteroatoms. The van der Waals surface area contributed by atoms with Gasteiger partial charge in [-0.15, -0.1) is 0 Å². The maximum absolute atomic E-state index is 9.92. The van der Waals surface area contributed by atoms with E-state index in [1.807, 2.05) is 44.4 Å². The number of hydrogen-bond acceptors (Lipinski definition) is 3. The molecular formula is C26H22NO3+. The number of para-hydroxylation sites is 1. The molecule has 1 aliphatic heterocycles. The fourth-order valence-electron chi connectivity index (χ4n) is 4.07. The van der Waals surface area contributed by atoms with Crippen LogP contribution in [0.4, 0.5) is 0 Å². The van der Waals surface area contributed by atoms with Crippen LogP contribution in [-0.2, 0) is 0 Å². The molecule has 0 saturated carbocycles. The van der Waals surface area contributed by atoms with Crippen molar-refractivity contribution in [3.8, 4) is 33.9 Å². The highest BCUT2D eigenvalue weighted by Crippen LogP contribution is 2.44. The number of fused-ring (bicyclic) bond motifs is 4. The SMILES string of the molecule is COc1ccccc1-c1c2ccc(=[N+](C)C)cc-2oc2c1ccc1cc(O)ccc12. The molecule has 30 heavy (non-hydrogen) atoms. The van der Waals surface area contributed by atoms with Crippen molar-refractivity contribution in [2.75, 3.05) is 21.2 Å². The number of nitrogens with zero attached hydrogens (tertiary/aromatic N) is 1. The van der Waals surface area contributed by atoms with E-state index in [0.717, 1.165) is 55.3 Å². The van der Waals surface area contributed by atoms with Crippen LogP contribution in [0, 0.1) is 0 Å². The van der Waals surface area contributed by atoms with Crippen LogP contribution in [0.3, 0.4) is 0 Å². The second kappa shape index (κ2) is 6.92. The lowest BCUT2D eigenvalue weighted by Gasteiger charge is -2.18. The average molecular weight is 396 g/mol. The van der Waals surface area contributed by atoms with E-state index in [2.05, 4.69) is 34.9 Å². The number of rotatable bonds is 2. The fourth-order valence-corrected chi connectivity index (χ4v) is 4.07. The lowest BCUT2D eigenvalue weighted by molar-refractivity contribution is 0.416. The maximum atomic E-state index is 9.92. The van der Waals surface area contributed by atoms with Crippen LogP contribution in [-0.4, -0.2) is 26.3 Å². The molecule has 0 bridgehead atoms. The minimum Gasteiger partial charge on any atom is -0.508 e. The Morgan fingerprint density at radius 1 is 0.833 bits per heavy atom. The van der Waals surface area contributed by atoms with Gasteiger partial charge in [-0.2, -0.15) is 0 Å². The summed E-state index contributed by atoms with van der Waals surface area (Å²) in [5.41, 5.74) is 3.90. The van der Waals surface area contributed by atoms with E-state index in [0.29, 0.717) is 0 Å². The highest BCUT2D eigenvalue weighted by atomic mass is 16.5. The molecule has 1 aliphatic carbocycles. The van der Waals surface area contributed by atoms with Gasteiger partial charge in [0.15, 0.2) is 0 Å². The van der Waals surface area contributed by atoms with Gasteiger partial charge >= 0.3 is 0 Å². The summed E-state index contributed by atoms with van der Waals surface area (Å²) >= 11 is 0. The smallest absolute Gasteiger partial charge is 0.203 e. The second-order valence-electron chi connectivity index (χ2n) is 7.60. The van der Waals surface area contributed by atoms with Crippen LogP contribution < -0.4 is 14.7 Å². The van der Waals surface area contributed by atoms with Crippen LogP contribution in [0.15, 0.2) is 77.2 Å². The van der Waals surface area contributed by atoms with Crippen LogP contribution in [0.1, 0.15) is 0 Å². The van der Waals surface area contributed by atoms with Crippen LogP contribution in [0.5, 0.6) is 11.5 Å². The number of phenolic OH excluding ortho intramolecular Hbond substituents is 1. The van der Waals surface area contributed by atoms with Gasteiger partial charge in [-0.05, 0) is 41.8 Å². The average Bonchev–Trinajstić information content (AvgIpc) is 2.76. The minimum absolute atomic E-state index is 0.238. The van der Waals surface area contributed by atoms with E-state index in [9.17, 15) is 5.11 Å². The first-order chi connectivity index (χ1) is 14.6. The van der Waals surface area contributed by atoms with Crippen molar-refractivity contribution >= 4 is 21.7 Å². The number of methoxy groups -OCH3 is 1. The first kappa shape index (κ1) is 18.3. The predicted octanol–water partition coefficient (Wildman–Crippen LogP) is 5.10. The predicted molar refractivity (Wildman–Crippen MR) is 121 cm³/mol.